The SMILES string of the molecule is CC1CN(C(=O)Cc2cccs2)Cc2ccccc21. The molecule has 2 nitrogen and oxygen atoms in total. The van der Waals surface area contributed by atoms with Gasteiger partial charge in [-0.1, -0.05) is 37.3 Å². The third kappa shape index (κ3) is 2.56. The molecule has 0 aliphatic carbocycles. The summed E-state index contributed by atoms with van der Waals surface area (Å²) in [5, 5.41) is 2.02. The number of amides is 1. The monoisotopic (exact) mass is 271 g/mol. The van der Waals surface area contributed by atoms with E-state index in [1.807, 2.05) is 22.4 Å². The molecule has 0 saturated heterocycles. The van der Waals surface area contributed by atoms with Gasteiger partial charge in [0.05, 0.1) is 6.42 Å². The highest BCUT2D eigenvalue weighted by atomic mass is 32.1. The number of fused-ring (bicyclic) bond motifs is 1. The zero-order chi connectivity index (χ0) is 13.2. The Morgan fingerprint density at radius 1 is 1.32 bits per heavy atom. The van der Waals surface area contributed by atoms with Crippen LogP contribution in [0.4, 0.5) is 0 Å². The van der Waals surface area contributed by atoms with Crippen LogP contribution in [0.25, 0.3) is 0 Å². The summed E-state index contributed by atoms with van der Waals surface area (Å²) in [4.78, 5) is 15.5. The maximum atomic E-state index is 12.4. The summed E-state index contributed by atoms with van der Waals surface area (Å²) in [7, 11) is 0. The molecule has 1 unspecified atom stereocenters. The van der Waals surface area contributed by atoms with E-state index in [1.165, 1.54) is 11.1 Å². The highest BCUT2D eigenvalue weighted by Gasteiger charge is 2.25. The van der Waals surface area contributed by atoms with Crippen LogP contribution in [0.15, 0.2) is 41.8 Å². The van der Waals surface area contributed by atoms with Crippen LogP contribution >= 0.6 is 11.3 Å². The molecule has 2 heterocycles. The van der Waals surface area contributed by atoms with E-state index in [-0.39, 0.29) is 5.91 Å². The van der Waals surface area contributed by atoms with Crippen molar-refractivity contribution in [1.29, 1.82) is 0 Å². The lowest BCUT2D eigenvalue weighted by Crippen LogP contribution is -2.38. The summed E-state index contributed by atoms with van der Waals surface area (Å²) in [6.07, 6.45) is 0.534. The Kier molecular flexibility index (Phi) is 3.38. The molecule has 1 aromatic carbocycles. The minimum absolute atomic E-state index is 0.240. The molecule has 0 spiro atoms. The van der Waals surface area contributed by atoms with Crippen molar-refractivity contribution in [2.75, 3.05) is 6.54 Å². The maximum absolute atomic E-state index is 12.4. The zero-order valence-corrected chi connectivity index (χ0v) is 11.8. The summed E-state index contributed by atoms with van der Waals surface area (Å²) in [5.74, 6) is 0.668. The maximum Gasteiger partial charge on any atom is 0.228 e. The largest absolute Gasteiger partial charge is 0.337 e. The van der Waals surface area contributed by atoms with Gasteiger partial charge >= 0.3 is 0 Å². The Morgan fingerprint density at radius 2 is 2.16 bits per heavy atom. The van der Waals surface area contributed by atoms with E-state index in [9.17, 15) is 4.79 Å². The van der Waals surface area contributed by atoms with Crippen molar-refractivity contribution >= 4 is 17.2 Å². The minimum Gasteiger partial charge on any atom is -0.337 e. The molecule has 2 aromatic rings. The van der Waals surface area contributed by atoms with Crippen molar-refractivity contribution in [1.82, 2.24) is 4.90 Å². The lowest BCUT2D eigenvalue weighted by Gasteiger charge is -2.33. The van der Waals surface area contributed by atoms with Gasteiger partial charge in [0.15, 0.2) is 0 Å². The second-order valence-corrected chi connectivity index (χ2v) is 6.16. The molecule has 3 rings (SSSR count). The second-order valence-electron chi connectivity index (χ2n) is 5.13. The third-order valence-electron chi connectivity index (χ3n) is 3.70. The first kappa shape index (κ1) is 12.4. The Morgan fingerprint density at radius 3 is 2.95 bits per heavy atom. The van der Waals surface area contributed by atoms with Gasteiger partial charge in [0.1, 0.15) is 0 Å². The molecule has 0 saturated carbocycles. The number of rotatable bonds is 2. The molecule has 0 bridgehead atoms. The molecule has 0 radical (unpaired) electrons. The summed E-state index contributed by atoms with van der Waals surface area (Å²) < 4.78 is 0. The average Bonchev–Trinajstić information content (AvgIpc) is 2.91. The normalized spacial score (nSPS) is 18.2. The number of carbonyl (C=O) groups excluding carboxylic acids is 1. The molecular formula is C16H17NOS. The van der Waals surface area contributed by atoms with Crippen molar-refractivity contribution in [2.24, 2.45) is 0 Å². The molecule has 1 aliphatic heterocycles. The second kappa shape index (κ2) is 5.17. The third-order valence-corrected chi connectivity index (χ3v) is 4.58. The van der Waals surface area contributed by atoms with E-state index < -0.39 is 0 Å². The van der Waals surface area contributed by atoms with Crippen LogP contribution in [0.2, 0.25) is 0 Å². The minimum atomic E-state index is 0.240. The Bertz CT molecular complexity index is 576. The van der Waals surface area contributed by atoms with E-state index in [2.05, 4.69) is 31.2 Å². The Hall–Kier alpha value is -1.61. The Labute approximate surface area is 117 Å². The van der Waals surface area contributed by atoms with E-state index in [1.54, 1.807) is 11.3 Å². The summed E-state index contributed by atoms with van der Waals surface area (Å²) >= 11 is 1.65. The van der Waals surface area contributed by atoms with Crippen molar-refractivity contribution < 1.29 is 4.79 Å². The van der Waals surface area contributed by atoms with Crippen LogP contribution in [-0.2, 0) is 17.8 Å². The molecular weight excluding hydrogens is 254 g/mol. The number of carbonyl (C=O) groups is 1. The van der Waals surface area contributed by atoms with Crippen LogP contribution in [0.5, 0.6) is 0 Å². The molecule has 98 valence electrons. The number of hydrogen-bond acceptors (Lipinski definition) is 2. The first-order valence-electron chi connectivity index (χ1n) is 6.62. The quantitative estimate of drug-likeness (QED) is 0.819. The van der Waals surface area contributed by atoms with Crippen molar-refractivity contribution in [3.05, 3.63) is 57.8 Å². The highest BCUT2D eigenvalue weighted by molar-refractivity contribution is 7.10. The van der Waals surface area contributed by atoms with Crippen molar-refractivity contribution in [3.63, 3.8) is 0 Å². The van der Waals surface area contributed by atoms with E-state index in [4.69, 9.17) is 0 Å². The van der Waals surface area contributed by atoms with Crippen LogP contribution in [-0.4, -0.2) is 17.4 Å². The highest BCUT2D eigenvalue weighted by Crippen LogP contribution is 2.28. The van der Waals surface area contributed by atoms with Gasteiger partial charge in [-0.15, -0.1) is 11.3 Å². The van der Waals surface area contributed by atoms with Gasteiger partial charge in [0.2, 0.25) is 5.91 Å². The standard InChI is InChI=1S/C16H17NOS/c1-12-10-17(11-13-5-2-3-7-15(12)13)16(18)9-14-6-4-8-19-14/h2-8,12H,9-11H2,1H3. The predicted molar refractivity (Wildman–Crippen MR) is 78.3 cm³/mol. The molecule has 19 heavy (non-hydrogen) atoms. The Balaban J connectivity index is 1.76. The van der Waals surface area contributed by atoms with Gasteiger partial charge in [0.25, 0.3) is 0 Å². The van der Waals surface area contributed by atoms with Gasteiger partial charge in [-0.25, -0.2) is 0 Å². The van der Waals surface area contributed by atoms with Gasteiger partial charge in [0, 0.05) is 18.0 Å². The van der Waals surface area contributed by atoms with Gasteiger partial charge in [-0.3, -0.25) is 4.79 Å². The summed E-state index contributed by atoms with van der Waals surface area (Å²) in [6.45, 7) is 3.79. The topological polar surface area (TPSA) is 20.3 Å². The molecule has 0 N–H and O–H groups in total. The van der Waals surface area contributed by atoms with Crippen molar-refractivity contribution in [2.45, 2.75) is 25.8 Å². The van der Waals surface area contributed by atoms with Crippen LogP contribution in [0.3, 0.4) is 0 Å². The van der Waals surface area contributed by atoms with E-state index in [0.29, 0.717) is 12.3 Å². The lowest BCUT2D eigenvalue weighted by atomic mass is 9.91. The van der Waals surface area contributed by atoms with E-state index in [0.717, 1.165) is 18.0 Å². The summed E-state index contributed by atoms with van der Waals surface area (Å²) in [5.41, 5.74) is 2.68. The van der Waals surface area contributed by atoms with Crippen molar-refractivity contribution in [3.8, 4) is 0 Å². The number of thiophene rings is 1. The van der Waals surface area contributed by atoms with Gasteiger partial charge in [-0.2, -0.15) is 0 Å². The van der Waals surface area contributed by atoms with Crippen LogP contribution in [0.1, 0.15) is 28.8 Å². The molecule has 1 atom stereocenters. The molecule has 3 heteroatoms. The smallest absolute Gasteiger partial charge is 0.228 e. The van der Waals surface area contributed by atoms with Crippen LogP contribution in [0, 0.1) is 0 Å². The van der Waals surface area contributed by atoms with Crippen LogP contribution < -0.4 is 0 Å². The number of nitrogens with zero attached hydrogens (tertiary/aromatic N) is 1. The summed E-state index contributed by atoms with van der Waals surface area (Å²) in [6, 6.07) is 12.5. The number of hydrogen-bond donors (Lipinski definition) is 0. The average molecular weight is 271 g/mol. The lowest BCUT2D eigenvalue weighted by molar-refractivity contribution is -0.131. The van der Waals surface area contributed by atoms with Gasteiger partial charge < -0.3 is 4.90 Å². The zero-order valence-electron chi connectivity index (χ0n) is 11.0. The first-order chi connectivity index (χ1) is 9.24. The molecule has 1 aromatic heterocycles. The fourth-order valence-electron chi connectivity index (χ4n) is 2.72. The predicted octanol–water partition coefficient (Wildman–Crippen LogP) is 3.44. The van der Waals surface area contributed by atoms with Gasteiger partial charge in [-0.05, 0) is 28.5 Å². The molecule has 1 amide bonds. The van der Waals surface area contributed by atoms with E-state index >= 15 is 0 Å². The fourth-order valence-corrected chi connectivity index (χ4v) is 3.42. The molecule has 0 fully saturated rings. The molecule has 1 aliphatic rings. The fraction of sp³-hybridized carbons (Fsp3) is 0.312. The number of benzene rings is 1. The first-order valence-corrected chi connectivity index (χ1v) is 7.50.